The Balaban J connectivity index is 2.41. The zero-order valence-electron chi connectivity index (χ0n) is 11.6. The van der Waals surface area contributed by atoms with Gasteiger partial charge in [-0.1, -0.05) is 11.6 Å². The van der Waals surface area contributed by atoms with Crippen molar-refractivity contribution < 1.29 is 19.1 Å². The van der Waals surface area contributed by atoms with Crippen LogP contribution in [0.2, 0.25) is 5.02 Å². The van der Waals surface area contributed by atoms with Crippen molar-refractivity contribution in [3.05, 3.63) is 28.8 Å². The second kappa shape index (κ2) is 8.55. The van der Waals surface area contributed by atoms with E-state index in [0.29, 0.717) is 29.5 Å². The zero-order chi connectivity index (χ0) is 15.0. The van der Waals surface area contributed by atoms with E-state index in [1.807, 2.05) is 0 Å². The normalized spacial score (nSPS) is 10.2. The molecule has 0 bridgehead atoms. The highest BCUT2D eigenvalue weighted by Gasteiger charge is 2.08. The van der Waals surface area contributed by atoms with Gasteiger partial charge in [-0.15, -0.1) is 0 Å². The molecule has 0 spiro atoms. The number of hydrogen-bond donors (Lipinski definition) is 1. The monoisotopic (exact) mass is 299 g/mol. The number of nitrogens with one attached hydrogen (secondary N) is 1. The Labute approximate surface area is 123 Å². The smallest absolute Gasteiger partial charge is 0.257 e. The molecule has 0 unspecified atom stereocenters. The van der Waals surface area contributed by atoms with E-state index in [-0.39, 0.29) is 18.3 Å². The summed E-state index contributed by atoms with van der Waals surface area (Å²) in [6, 6.07) is 4.72. The first-order valence-corrected chi connectivity index (χ1v) is 6.61. The third-order valence-corrected chi connectivity index (χ3v) is 2.84. The van der Waals surface area contributed by atoms with Crippen LogP contribution in [-0.2, 0) is 9.53 Å². The molecule has 0 aliphatic heterocycles. The molecule has 6 heteroatoms. The molecule has 1 aromatic rings. The molecule has 0 aliphatic rings. The summed E-state index contributed by atoms with van der Waals surface area (Å²) in [6.45, 7) is 2.47. The fourth-order valence-electron chi connectivity index (χ4n) is 1.48. The Morgan fingerprint density at radius 1 is 1.35 bits per heavy atom. The Morgan fingerprint density at radius 3 is 2.70 bits per heavy atom. The summed E-state index contributed by atoms with van der Waals surface area (Å²) in [4.78, 5) is 22.7. The number of benzene rings is 1. The van der Waals surface area contributed by atoms with Crippen LogP contribution in [0.25, 0.3) is 0 Å². The van der Waals surface area contributed by atoms with E-state index in [2.05, 4.69) is 5.32 Å². The minimum atomic E-state index is -0.229. The molecule has 1 aromatic carbocycles. The molecule has 0 aliphatic carbocycles. The maximum atomic E-state index is 11.5. The number of amides is 1. The number of halogens is 1. The first kappa shape index (κ1) is 16.5. The van der Waals surface area contributed by atoms with Crippen LogP contribution in [-0.4, -0.2) is 38.6 Å². The van der Waals surface area contributed by atoms with Crippen molar-refractivity contribution in [2.24, 2.45) is 0 Å². The summed E-state index contributed by atoms with van der Waals surface area (Å²) >= 11 is 5.98. The van der Waals surface area contributed by atoms with Gasteiger partial charge in [-0.05, 0) is 31.5 Å². The van der Waals surface area contributed by atoms with E-state index < -0.39 is 0 Å². The number of hydrogen-bond acceptors (Lipinski definition) is 4. The van der Waals surface area contributed by atoms with Gasteiger partial charge in [0.25, 0.3) is 5.91 Å². The molecule has 0 atom stereocenters. The van der Waals surface area contributed by atoms with Gasteiger partial charge >= 0.3 is 0 Å². The molecule has 110 valence electrons. The van der Waals surface area contributed by atoms with Crippen LogP contribution in [0, 0.1) is 0 Å². The standard InChI is InChI=1S/C14H18ClNO4/c1-10(17)11-4-5-13(12(15)8-11)20-9-14(18)16-6-3-7-19-2/h4-5,8H,3,6-7,9H2,1-2H3,(H,16,18). The second-order valence-electron chi connectivity index (χ2n) is 4.19. The van der Waals surface area contributed by atoms with Gasteiger partial charge in [0, 0.05) is 25.8 Å². The molecular weight excluding hydrogens is 282 g/mol. The molecule has 1 rings (SSSR count). The number of Topliss-reactive ketones (excluding diaryl/α,β-unsaturated/α-hetero) is 1. The molecule has 0 aromatic heterocycles. The summed E-state index contributed by atoms with van der Waals surface area (Å²) < 4.78 is 10.2. The average molecular weight is 300 g/mol. The zero-order valence-corrected chi connectivity index (χ0v) is 12.3. The maximum Gasteiger partial charge on any atom is 0.257 e. The quantitative estimate of drug-likeness (QED) is 0.589. The lowest BCUT2D eigenvalue weighted by molar-refractivity contribution is -0.123. The minimum Gasteiger partial charge on any atom is -0.482 e. The third kappa shape index (κ3) is 5.59. The summed E-state index contributed by atoms with van der Waals surface area (Å²) in [5.74, 6) is 0.0749. The van der Waals surface area contributed by atoms with E-state index in [4.69, 9.17) is 21.1 Å². The van der Waals surface area contributed by atoms with Gasteiger partial charge in [-0.2, -0.15) is 0 Å². The SMILES string of the molecule is COCCCNC(=O)COc1ccc(C(C)=O)cc1Cl. The average Bonchev–Trinajstić information content (AvgIpc) is 2.42. The predicted molar refractivity (Wildman–Crippen MR) is 76.5 cm³/mol. The lowest BCUT2D eigenvalue weighted by Crippen LogP contribution is -2.30. The van der Waals surface area contributed by atoms with Crippen molar-refractivity contribution in [2.75, 3.05) is 26.9 Å². The van der Waals surface area contributed by atoms with Crippen LogP contribution < -0.4 is 10.1 Å². The second-order valence-corrected chi connectivity index (χ2v) is 4.59. The maximum absolute atomic E-state index is 11.5. The molecule has 20 heavy (non-hydrogen) atoms. The van der Waals surface area contributed by atoms with Crippen molar-refractivity contribution in [1.82, 2.24) is 5.32 Å². The molecule has 1 N–H and O–H groups in total. The molecule has 0 saturated carbocycles. The van der Waals surface area contributed by atoms with Gasteiger partial charge < -0.3 is 14.8 Å². The van der Waals surface area contributed by atoms with Crippen molar-refractivity contribution in [1.29, 1.82) is 0 Å². The van der Waals surface area contributed by atoms with Gasteiger partial charge in [0.15, 0.2) is 12.4 Å². The summed E-state index contributed by atoms with van der Waals surface area (Å²) in [7, 11) is 1.61. The van der Waals surface area contributed by atoms with Gasteiger partial charge in [0.1, 0.15) is 5.75 Å². The number of methoxy groups -OCH3 is 1. The number of ketones is 1. The van der Waals surface area contributed by atoms with E-state index in [9.17, 15) is 9.59 Å². The van der Waals surface area contributed by atoms with E-state index in [1.54, 1.807) is 19.2 Å². The van der Waals surface area contributed by atoms with Gasteiger partial charge in [-0.3, -0.25) is 9.59 Å². The highest BCUT2D eigenvalue weighted by atomic mass is 35.5. The first-order valence-electron chi connectivity index (χ1n) is 6.23. The topological polar surface area (TPSA) is 64.6 Å². The lowest BCUT2D eigenvalue weighted by atomic mass is 10.1. The van der Waals surface area contributed by atoms with Crippen molar-refractivity contribution in [3.63, 3.8) is 0 Å². The van der Waals surface area contributed by atoms with Crippen LogP contribution in [0.1, 0.15) is 23.7 Å². The van der Waals surface area contributed by atoms with E-state index in [1.165, 1.54) is 13.0 Å². The Bertz CT molecular complexity index is 476. The molecule has 0 fully saturated rings. The lowest BCUT2D eigenvalue weighted by Gasteiger charge is -2.09. The summed E-state index contributed by atoms with van der Waals surface area (Å²) in [6.07, 6.45) is 0.746. The van der Waals surface area contributed by atoms with Crippen LogP contribution in [0.5, 0.6) is 5.75 Å². The van der Waals surface area contributed by atoms with Gasteiger partial charge in [-0.25, -0.2) is 0 Å². The van der Waals surface area contributed by atoms with Crippen molar-refractivity contribution in [3.8, 4) is 5.75 Å². The molecule has 0 heterocycles. The number of carbonyl (C=O) groups excluding carboxylic acids is 2. The van der Waals surface area contributed by atoms with Gasteiger partial charge in [0.2, 0.25) is 0 Å². The predicted octanol–water partition coefficient (Wildman–Crippen LogP) is 2.07. The molecule has 0 radical (unpaired) electrons. The molecule has 1 amide bonds. The van der Waals surface area contributed by atoms with Crippen molar-refractivity contribution in [2.45, 2.75) is 13.3 Å². The van der Waals surface area contributed by atoms with E-state index >= 15 is 0 Å². The van der Waals surface area contributed by atoms with E-state index in [0.717, 1.165) is 6.42 Å². The van der Waals surface area contributed by atoms with Crippen LogP contribution in [0.15, 0.2) is 18.2 Å². The minimum absolute atomic E-state index is 0.0747. The third-order valence-electron chi connectivity index (χ3n) is 2.54. The fraction of sp³-hybridized carbons (Fsp3) is 0.429. The number of carbonyl (C=O) groups is 2. The highest BCUT2D eigenvalue weighted by Crippen LogP contribution is 2.25. The fourth-order valence-corrected chi connectivity index (χ4v) is 1.71. The van der Waals surface area contributed by atoms with Crippen LogP contribution in [0.3, 0.4) is 0 Å². The number of rotatable bonds is 8. The Kier molecular flexibility index (Phi) is 7.04. The van der Waals surface area contributed by atoms with Gasteiger partial charge in [0.05, 0.1) is 5.02 Å². The molecule has 5 nitrogen and oxygen atoms in total. The molecular formula is C14H18ClNO4. The summed E-state index contributed by atoms with van der Waals surface area (Å²) in [5, 5.41) is 3.01. The largest absolute Gasteiger partial charge is 0.482 e. The van der Waals surface area contributed by atoms with Crippen molar-refractivity contribution >= 4 is 23.3 Å². The first-order chi connectivity index (χ1) is 9.54. The molecule has 0 saturated heterocycles. The van der Waals surface area contributed by atoms with Crippen LogP contribution in [0.4, 0.5) is 0 Å². The summed E-state index contributed by atoms with van der Waals surface area (Å²) in [5.41, 5.74) is 0.506. The number of ether oxygens (including phenoxy) is 2. The Morgan fingerprint density at radius 2 is 2.10 bits per heavy atom. The Hall–Kier alpha value is -1.59. The highest BCUT2D eigenvalue weighted by molar-refractivity contribution is 6.32. The van der Waals surface area contributed by atoms with Crippen LogP contribution >= 0.6 is 11.6 Å².